The number of benzene rings is 2. The molecule has 1 spiro atoms. The van der Waals surface area contributed by atoms with E-state index in [2.05, 4.69) is 66.5 Å². The van der Waals surface area contributed by atoms with E-state index in [1.54, 1.807) is 7.11 Å². The van der Waals surface area contributed by atoms with Crippen molar-refractivity contribution in [3.8, 4) is 5.75 Å². The molecule has 0 saturated carbocycles. The van der Waals surface area contributed by atoms with Crippen molar-refractivity contribution in [2.75, 3.05) is 33.4 Å². The lowest BCUT2D eigenvalue weighted by atomic mass is 9.69. The van der Waals surface area contributed by atoms with E-state index in [0.29, 0.717) is 37.5 Å². The first-order valence-electron chi connectivity index (χ1n) is 13.4. The van der Waals surface area contributed by atoms with Crippen LogP contribution in [0, 0.1) is 11.8 Å². The van der Waals surface area contributed by atoms with E-state index in [1.807, 2.05) is 6.07 Å². The maximum atomic E-state index is 14.4. The molecular formula is C30H40N2O3. The molecule has 1 amide bonds. The topological polar surface area (TPSA) is 50.8 Å². The van der Waals surface area contributed by atoms with Crippen molar-refractivity contribution in [2.45, 2.75) is 63.5 Å². The quantitative estimate of drug-likeness (QED) is 0.645. The molecule has 2 aromatic rings. The number of nitrogens with zero attached hydrogens (tertiary/aromatic N) is 1. The molecule has 5 nitrogen and oxygen atoms in total. The van der Waals surface area contributed by atoms with E-state index in [-0.39, 0.29) is 17.4 Å². The van der Waals surface area contributed by atoms with Gasteiger partial charge in [0.1, 0.15) is 5.75 Å². The number of amides is 1. The third-order valence-electron chi connectivity index (χ3n) is 9.04. The normalized spacial score (nSPS) is 28.3. The summed E-state index contributed by atoms with van der Waals surface area (Å²) in [6, 6.07) is 17.4. The summed E-state index contributed by atoms with van der Waals surface area (Å²) in [6.45, 7) is 7.97. The Morgan fingerprint density at radius 1 is 1.17 bits per heavy atom. The van der Waals surface area contributed by atoms with Gasteiger partial charge in [0.2, 0.25) is 5.91 Å². The summed E-state index contributed by atoms with van der Waals surface area (Å²) >= 11 is 0. The molecule has 0 aliphatic carbocycles. The zero-order valence-electron chi connectivity index (χ0n) is 21.5. The molecule has 188 valence electrons. The van der Waals surface area contributed by atoms with E-state index < -0.39 is 0 Å². The van der Waals surface area contributed by atoms with Crippen LogP contribution in [0.1, 0.15) is 62.1 Å². The highest BCUT2D eigenvalue weighted by molar-refractivity contribution is 5.82. The van der Waals surface area contributed by atoms with Crippen LogP contribution in [0.2, 0.25) is 0 Å². The number of piperidine rings is 1. The molecular weight excluding hydrogens is 436 g/mol. The molecule has 3 aliphatic rings. The molecule has 1 N–H and O–H groups in total. The minimum absolute atomic E-state index is 0.126. The predicted molar refractivity (Wildman–Crippen MR) is 139 cm³/mol. The van der Waals surface area contributed by atoms with E-state index in [1.165, 1.54) is 11.1 Å². The summed E-state index contributed by atoms with van der Waals surface area (Å²) in [5, 5.41) is 3.57. The number of carbonyl (C=O) groups is 1. The first kappa shape index (κ1) is 24.3. The van der Waals surface area contributed by atoms with Gasteiger partial charge < -0.3 is 19.7 Å². The van der Waals surface area contributed by atoms with Crippen LogP contribution in [0.15, 0.2) is 48.5 Å². The summed E-state index contributed by atoms with van der Waals surface area (Å²) in [5.74, 6) is 2.07. The Bertz CT molecular complexity index is 1020. The molecule has 0 radical (unpaired) electrons. The zero-order chi connectivity index (χ0) is 24.4. The van der Waals surface area contributed by atoms with Gasteiger partial charge in [0, 0.05) is 36.7 Å². The van der Waals surface area contributed by atoms with Gasteiger partial charge in [-0.3, -0.25) is 4.79 Å². The highest BCUT2D eigenvalue weighted by Gasteiger charge is 2.53. The van der Waals surface area contributed by atoms with E-state index >= 15 is 0 Å². The number of likely N-dealkylation sites (tertiary alicyclic amines) is 1. The standard InChI is InChI=1S/C30H40N2O3/c1-4-21(5-2)27-16-23(22-10-7-6-8-11-22)14-15-32(27)29(33)26-17-31-19-30(26)20-35-18-24-25(30)12-9-13-28(24)34-3/h6-13,21,23,26-27,31H,4-5,14-20H2,1-3H3/t23-,26+,27+,30-/m1/s1. The third kappa shape index (κ3) is 4.27. The van der Waals surface area contributed by atoms with Crippen LogP contribution >= 0.6 is 0 Å². The average molecular weight is 477 g/mol. The monoisotopic (exact) mass is 476 g/mol. The molecule has 4 atom stereocenters. The van der Waals surface area contributed by atoms with Crippen molar-refractivity contribution >= 4 is 5.91 Å². The van der Waals surface area contributed by atoms with Gasteiger partial charge in [-0.15, -0.1) is 0 Å². The van der Waals surface area contributed by atoms with Gasteiger partial charge in [0.15, 0.2) is 0 Å². The summed E-state index contributed by atoms with van der Waals surface area (Å²) in [5.41, 5.74) is 3.40. The number of methoxy groups -OCH3 is 1. The molecule has 5 heteroatoms. The highest BCUT2D eigenvalue weighted by Crippen LogP contribution is 2.46. The highest BCUT2D eigenvalue weighted by atomic mass is 16.5. The number of carbonyl (C=O) groups excluding carboxylic acids is 1. The fraction of sp³-hybridized carbons (Fsp3) is 0.567. The molecule has 0 aromatic heterocycles. The van der Waals surface area contributed by atoms with Gasteiger partial charge in [-0.1, -0.05) is 69.2 Å². The van der Waals surface area contributed by atoms with Crippen LogP contribution in [-0.2, 0) is 21.6 Å². The van der Waals surface area contributed by atoms with Crippen LogP contribution in [0.25, 0.3) is 0 Å². The van der Waals surface area contributed by atoms with E-state index in [9.17, 15) is 4.79 Å². The first-order valence-corrected chi connectivity index (χ1v) is 13.4. The summed E-state index contributed by atoms with van der Waals surface area (Å²) in [4.78, 5) is 16.7. The maximum Gasteiger partial charge on any atom is 0.228 e. The second kappa shape index (κ2) is 10.3. The van der Waals surface area contributed by atoms with Crippen molar-refractivity contribution in [1.29, 1.82) is 0 Å². The fourth-order valence-electron chi connectivity index (χ4n) is 7.08. The molecule has 2 fully saturated rings. The van der Waals surface area contributed by atoms with Crippen LogP contribution in [-0.4, -0.2) is 50.2 Å². The number of fused-ring (bicyclic) bond motifs is 2. The van der Waals surface area contributed by atoms with Crippen LogP contribution in [0.5, 0.6) is 5.75 Å². The lowest BCUT2D eigenvalue weighted by molar-refractivity contribution is -0.144. The van der Waals surface area contributed by atoms with Gasteiger partial charge in [-0.25, -0.2) is 0 Å². The second-order valence-corrected chi connectivity index (χ2v) is 10.6. The van der Waals surface area contributed by atoms with Gasteiger partial charge in [0.25, 0.3) is 0 Å². The van der Waals surface area contributed by atoms with Gasteiger partial charge >= 0.3 is 0 Å². The minimum Gasteiger partial charge on any atom is -0.496 e. The molecule has 2 saturated heterocycles. The maximum absolute atomic E-state index is 14.4. The second-order valence-electron chi connectivity index (χ2n) is 10.6. The molecule has 5 rings (SSSR count). The van der Waals surface area contributed by atoms with E-state index in [0.717, 1.165) is 50.1 Å². The van der Waals surface area contributed by atoms with E-state index in [4.69, 9.17) is 9.47 Å². The summed E-state index contributed by atoms with van der Waals surface area (Å²) in [7, 11) is 1.71. The summed E-state index contributed by atoms with van der Waals surface area (Å²) in [6.07, 6.45) is 4.28. The van der Waals surface area contributed by atoms with Gasteiger partial charge in [-0.2, -0.15) is 0 Å². The lowest BCUT2D eigenvalue weighted by Crippen LogP contribution is -2.56. The van der Waals surface area contributed by atoms with Crippen LogP contribution < -0.4 is 10.1 Å². The Morgan fingerprint density at radius 2 is 1.97 bits per heavy atom. The lowest BCUT2D eigenvalue weighted by Gasteiger charge is -2.47. The van der Waals surface area contributed by atoms with Crippen molar-refractivity contribution in [3.05, 3.63) is 65.2 Å². The molecule has 3 heterocycles. The molecule has 2 aromatic carbocycles. The van der Waals surface area contributed by atoms with Crippen LogP contribution in [0.4, 0.5) is 0 Å². The van der Waals surface area contributed by atoms with Crippen molar-refractivity contribution < 1.29 is 14.3 Å². The minimum atomic E-state index is -0.339. The Morgan fingerprint density at radius 3 is 2.71 bits per heavy atom. The number of nitrogens with one attached hydrogen (secondary N) is 1. The van der Waals surface area contributed by atoms with Crippen molar-refractivity contribution in [3.63, 3.8) is 0 Å². The Hall–Kier alpha value is -2.37. The molecule has 0 bridgehead atoms. The molecule has 0 unspecified atom stereocenters. The summed E-state index contributed by atoms with van der Waals surface area (Å²) < 4.78 is 11.8. The van der Waals surface area contributed by atoms with Gasteiger partial charge in [-0.05, 0) is 41.9 Å². The Balaban J connectivity index is 1.46. The average Bonchev–Trinajstić information content (AvgIpc) is 3.33. The largest absolute Gasteiger partial charge is 0.496 e. The number of hydrogen-bond donors (Lipinski definition) is 1. The fourth-order valence-corrected chi connectivity index (χ4v) is 7.08. The number of ether oxygens (including phenoxy) is 2. The SMILES string of the molecule is CCC(CC)[C@@H]1C[C@H](c2ccccc2)CCN1C(=O)[C@@H]1CNC[C@]12COCc1c(OC)cccc12. The molecule has 35 heavy (non-hydrogen) atoms. The Labute approximate surface area is 210 Å². The molecule has 3 aliphatic heterocycles. The van der Waals surface area contributed by atoms with Crippen molar-refractivity contribution in [1.82, 2.24) is 10.2 Å². The Kier molecular flexibility index (Phi) is 7.17. The van der Waals surface area contributed by atoms with Crippen LogP contribution in [0.3, 0.4) is 0 Å². The third-order valence-corrected chi connectivity index (χ3v) is 9.04. The van der Waals surface area contributed by atoms with Gasteiger partial charge in [0.05, 0.1) is 26.2 Å². The van der Waals surface area contributed by atoms with Crippen molar-refractivity contribution in [2.24, 2.45) is 11.8 Å². The first-order chi connectivity index (χ1) is 17.1. The number of hydrogen-bond acceptors (Lipinski definition) is 4. The number of rotatable bonds is 6. The predicted octanol–water partition coefficient (Wildman–Crippen LogP) is 4.89. The zero-order valence-corrected chi connectivity index (χ0v) is 21.5. The smallest absolute Gasteiger partial charge is 0.228 e.